The molecule has 1 amide bonds. The topological polar surface area (TPSA) is 68.0 Å². The van der Waals surface area contributed by atoms with Crippen molar-refractivity contribution in [2.24, 2.45) is 0 Å². The maximum atomic E-state index is 12.6. The lowest BCUT2D eigenvalue weighted by Gasteiger charge is -2.04. The molecule has 0 saturated heterocycles. The van der Waals surface area contributed by atoms with Gasteiger partial charge in [0.05, 0.1) is 16.3 Å². The Bertz CT molecular complexity index is 1070. The van der Waals surface area contributed by atoms with E-state index < -0.39 is 0 Å². The Morgan fingerprint density at radius 1 is 1.16 bits per heavy atom. The molecule has 3 N–H and O–H groups in total. The van der Waals surface area contributed by atoms with E-state index >= 15 is 0 Å². The summed E-state index contributed by atoms with van der Waals surface area (Å²) in [5, 5.41) is 5.70. The molecule has 0 unspecified atom stereocenters. The zero-order valence-corrected chi connectivity index (χ0v) is 16.0. The average molecular weight is 430 g/mol. The highest BCUT2D eigenvalue weighted by atomic mass is 79.9. The van der Waals surface area contributed by atoms with Crippen LogP contribution >= 0.6 is 38.6 Å². The predicted molar refractivity (Wildman–Crippen MR) is 109 cm³/mol. The van der Waals surface area contributed by atoms with Gasteiger partial charge in [-0.3, -0.25) is 4.79 Å². The fourth-order valence-corrected chi connectivity index (χ4v) is 4.56. The second kappa shape index (κ2) is 6.59. The number of aromatic nitrogens is 1. The van der Waals surface area contributed by atoms with Crippen LogP contribution in [-0.4, -0.2) is 10.9 Å². The van der Waals surface area contributed by atoms with Crippen LogP contribution in [0.15, 0.2) is 58.4 Å². The average Bonchev–Trinajstić information content (AvgIpc) is 3.23. The van der Waals surface area contributed by atoms with Crippen molar-refractivity contribution in [3.8, 4) is 10.6 Å². The summed E-state index contributed by atoms with van der Waals surface area (Å²) in [6.07, 6.45) is 0. The smallest absolute Gasteiger partial charge is 0.267 e. The molecular weight excluding hydrogens is 418 g/mol. The number of halogens is 1. The number of nitrogens with one attached hydrogen (secondary N) is 1. The van der Waals surface area contributed by atoms with Crippen LogP contribution in [0, 0.1) is 0 Å². The molecule has 0 aliphatic carbocycles. The van der Waals surface area contributed by atoms with Gasteiger partial charge in [-0.1, -0.05) is 28.1 Å². The molecule has 0 bridgehead atoms. The summed E-state index contributed by atoms with van der Waals surface area (Å²) in [6.45, 7) is 0. The first-order valence-electron chi connectivity index (χ1n) is 7.41. The Kier molecular flexibility index (Phi) is 4.29. The van der Waals surface area contributed by atoms with Crippen LogP contribution in [0.1, 0.15) is 9.67 Å². The molecule has 0 saturated carbocycles. The quantitative estimate of drug-likeness (QED) is 0.443. The van der Waals surface area contributed by atoms with E-state index in [1.165, 1.54) is 11.3 Å². The molecular formula is C18H12BrN3OS2. The normalized spacial score (nSPS) is 10.9. The molecule has 4 rings (SSSR count). The van der Waals surface area contributed by atoms with Crippen LogP contribution in [-0.2, 0) is 0 Å². The lowest BCUT2D eigenvalue weighted by atomic mass is 10.2. The van der Waals surface area contributed by atoms with E-state index in [1.54, 1.807) is 11.3 Å². The molecule has 25 heavy (non-hydrogen) atoms. The first-order valence-corrected chi connectivity index (χ1v) is 9.90. The number of pyridine rings is 1. The number of rotatable bonds is 3. The highest BCUT2D eigenvalue weighted by Gasteiger charge is 2.18. The van der Waals surface area contributed by atoms with Crippen LogP contribution in [0.2, 0.25) is 0 Å². The number of benzene rings is 1. The fraction of sp³-hybridized carbons (Fsp3) is 0. The second-order valence-corrected chi connectivity index (χ2v) is 8.20. The van der Waals surface area contributed by atoms with Crippen LogP contribution in [0.25, 0.3) is 20.8 Å². The Labute approximate surface area is 160 Å². The van der Waals surface area contributed by atoms with Gasteiger partial charge in [-0.05, 0) is 41.8 Å². The van der Waals surface area contributed by atoms with Crippen molar-refractivity contribution in [3.63, 3.8) is 0 Å². The van der Waals surface area contributed by atoms with E-state index in [9.17, 15) is 4.79 Å². The number of anilines is 2. The zero-order chi connectivity index (χ0) is 17.4. The molecule has 7 heteroatoms. The van der Waals surface area contributed by atoms with E-state index in [2.05, 4.69) is 26.2 Å². The minimum Gasteiger partial charge on any atom is -0.397 e. The monoisotopic (exact) mass is 429 g/mol. The molecule has 1 aromatic carbocycles. The van der Waals surface area contributed by atoms with Gasteiger partial charge in [0.2, 0.25) is 0 Å². The molecule has 4 aromatic rings. The third-order valence-corrected chi connectivity index (χ3v) is 6.16. The number of hydrogen-bond donors (Lipinski definition) is 2. The van der Waals surface area contributed by atoms with Gasteiger partial charge in [0.1, 0.15) is 9.71 Å². The van der Waals surface area contributed by atoms with E-state index in [-0.39, 0.29) is 5.91 Å². The van der Waals surface area contributed by atoms with Gasteiger partial charge in [0.25, 0.3) is 5.91 Å². The van der Waals surface area contributed by atoms with Gasteiger partial charge in [0.15, 0.2) is 0 Å². The largest absolute Gasteiger partial charge is 0.397 e. The molecule has 0 atom stereocenters. The summed E-state index contributed by atoms with van der Waals surface area (Å²) in [7, 11) is 0. The summed E-state index contributed by atoms with van der Waals surface area (Å²) in [5.74, 6) is -0.226. The fourth-order valence-electron chi connectivity index (χ4n) is 2.48. The first-order chi connectivity index (χ1) is 12.1. The first kappa shape index (κ1) is 16.3. The van der Waals surface area contributed by atoms with Gasteiger partial charge < -0.3 is 11.1 Å². The maximum Gasteiger partial charge on any atom is 0.267 e. The van der Waals surface area contributed by atoms with Gasteiger partial charge in [-0.2, -0.15) is 0 Å². The molecule has 0 aliphatic rings. The van der Waals surface area contributed by atoms with Crippen LogP contribution in [0.4, 0.5) is 11.4 Å². The molecule has 3 aromatic heterocycles. The van der Waals surface area contributed by atoms with Crippen molar-refractivity contribution in [2.45, 2.75) is 0 Å². The van der Waals surface area contributed by atoms with Gasteiger partial charge in [-0.15, -0.1) is 22.7 Å². The van der Waals surface area contributed by atoms with Crippen LogP contribution in [0.3, 0.4) is 0 Å². The summed E-state index contributed by atoms with van der Waals surface area (Å²) in [4.78, 5) is 19.6. The van der Waals surface area contributed by atoms with Crippen molar-refractivity contribution in [2.75, 3.05) is 11.1 Å². The summed E-state index contributed by atoms with van der Waals surface area (Å²) >= 11 is 6.34. The predicted octanol–water partition coefficient (Wildman–Crippen LogP) is 5.62. The number of thiophene rings is 2. The van der Waals surface area contributed by atoms with E-state index in [4.69, 9.17) is 5.73 Å². The standard InChI is InChI=1S/C18H12BrN3OS2/c19-10-3-1-4-11(9-10)21-17(23)16-15(20)12-6-7-13(22-18(12)25-16)14-5-2-8-24-14/h1-9H,20H2,(H,21,23). The maximum absolute atomic E-state index is 12.6. The summed E-state index contributed by atoms with van der Waals surface area (Å²) in [5.41, 5.74) is 8.27. The number of carbonyl (C=O) groups is 1. The summed E-state index contributed by atoms with van der Waals surface area (Å²) < 4.78 is 0.900. The van der Waals surface area contributed by atoms with Crippen molar-refractivity contribution in [1.29, 1.82) is 0 Å². The zero-order valence-electron chi connectivity index (χ0n) is 12.8. The Morgan fingerprint density at radius 3 is 2.80 bits per heavy atom. The van der Waals surface area contributed by atoms with Gasteiger partial charge >= 0.3 is 0 Å². The number of nitrogens with two attached hydrogens (primary N) is 1. The highest BCUT2D eigenvalue weighted by molar-refractivity contribution is 9.10. The van der Waals surface area contributed by atoms with Crippen molar-refractivity contribution >= 4 is 66.1 Å². The minimum atomic E-state index is -0.226. The molecule has 0 spiro atoms. The van der Waals surface area contributed by atoms with Crippen molar-refractivity contribution < 1.29 is 4.79 Å². The SMILES string of the molecule is Nc1c(C(=O)Nc2cccc(Br)c2)sc2nc(-c3cccs3)ccc12. The van der Waals surface area contributed by atoms with Crippen LogP contribution in [0.5, 0.6) is 0 Å². The number of nitrogen functional groups attached to an aromatic ring is 1. The second-order valence-electron chi connectivity index (χ2n) is 5.34. The molecule has 4 nitrogen and oxygen atoms in total. The molecule has 3 heterocycles. The number of hydrogen-bond acceptors (Lipinski definition) is 5. The lowest BCUT2D eigenvalue weighted by Crippen LogP contribution is -2.11. The van der Waals surface area contributed by atoms with E-state index in [1.807, 2.05) is 53.9 Å². The van der Waals surface area contributed by atoms with Crippen LogP contribution < -0.4 is 11.1 Å². The Balaban J connectivity index is 1.70. The highest BCUT2D eigenvalue weighted by Crippen LogP contribution is 2.35. The number of nitrogens with zero attached hydrogens (tertiary/aromatic N) is 1. The van der Waals surface area contributed by atoms with Gasteiger partial charge in [-0.25, -0.2) is 4.98 Å². The molecule has 0 radical (unpaired) electrons. The third-order valence-electron chi connectivity index (χ3n) is 3.66. The van der Waals surface area contributed by atoms with Gasteiger partial charge in [0, 0.05) is 15.5 Å². The Morgan fingerprint density at radius 2 is 2.04 bits per heavy atom. The van der Waals surface area contributed by atoms with E-state index in [0.29, 0.717) is 16.3 Å². The number of amides is 1. The number of fused-ring (bicyclic) bond motifs is 1. The Hall–Kier alpha value is -2.22. The molecule has 124 valence electrons. The molecule has 0 aliphatic heterocycles. The van der Waals surface area contributed by atoms with Crippen molar-refractivity contribution in [1.82, 2.24) is 4.98 Å². The van der Waals surface area contributed by atoms with E-state index in [0.717, 1.165) is 25.3 Å². The lowest BCUT2D eigenvalue weighted by molar-refractivity contribution is 0.103. The third kappa shape index (κ3) is 3.18. The number of carbonyl (C=O) groups excluding carboxylic acids is 1. The summed E-state index contributed by atoms with van der Waals surface area (Å²) in [6, 6.07) is 15.3. The molecule has 0 fully saturated rings. The van der Waals surface area contributed by atoms with Crippen molar-refractivity contribution in [3.05, 3.63) is 63.3 Å². The minimum absolute atomic E-state index is 0.226.